The number of carbonyl (C=O) groups excluding carboxylic acids is 4. The van der Waals surface area contributed by atoms with Crippen molar-refractivity contribution in [1.82, 2.24) is 25.8 Å². The number of imide groups is 1. The molecule has 0 saturated carbocycles. The van der Waals surface area contributed by atoms with Crippen molar-refractivity contribution in [1.29, 1.82) is 0 Å². The summed E-state index contributed by atoms with van der Waals surface area (Å²) in [5, 5.41) is 8.89. The van der Waals surface area contributed by atoms with Gasteiger partial charge in [-0.3, -0.25) is 24.6 Å². The largest absolute Gasteiger partial charge is 0.467 e. The third-order valence-corrected chi connectivity index (χ3v) is 11.4. The highest BCUT2D eigenvalue weighted by molar-refractivity contribution is 7.80. The standard InChI is InChI=1S/C40H67N5O7S/c1-13-26(6)35(44(9)34(25(4)5)38(48)43-37(47)33(41-8)24(2)3)31(50-10)23-32(46)45-21-17-20-30(45)36(51-11)27(7)39(53)42-29(40(49)52-12)22-28-18-15-14-16-19-28/h14-16,18-19,24-27,29-31,33-36,41H,13,17,20-23H2,1-12H3,(H,42,53)(H,43,47,48)/t26-,27+,29-,30-,31+,33-,34-,35-,36+/m0/s1. The molecular formula is C40H67N5O7S. The lowest BCUT2D eigenvalue weighted by Crippen LogP contribution is -2.60. The molecule has 3 amide bonds. The molecule has 3 N–H and O–H groups in total. The van der Waals surface area contributed by atoms with E-state index in [1.807, 2.05) is 81.8 Å². The monoisotopic (exact) mass is 761 g/mol. The highest BCUT2D eigenvalue weighted by atomic mass is 32.1. The van der Waals surface area contributed by atoms with Gasteiger partial charge in [-0.25, -0.2) is 4.79 Å². The summed E-state index contributed by atoms with van der Waals surface area (Å²) < 4.78 is 17.2. The number of methoxy groups -OCH3 is 3. The van der Waals surface area contributed by atoms with Gasteiger partial charge in [-0.2, -0.15) is 0 Å². The normalized spacial score (nSPS) is 19.2. The highest BCUT2D eigenvalue weighted by Crippen LogP contribution is 2.30. The van der Waals surface area contributed by atoms with Crippen LogP contribution in [0.15, 0.2) is 30.3 Å². The van der Waals surface area contributed by atoms with Gasteiger partial charge in [0.05, 0.1) is 48.9 Å². The fraction of sp³-hybridized carbons (Fsp3) is 0.725. The van der Waals surface area contributed by atoms with Crippen molar-refractivity contribution in [2.75, 3.05) is 42.0 Å². The minimum Gasteiger partial charge on any atom is -0.467 e. The van der Waals surface area contributed by atoms with Gasteiger partial charge in [-0.15, -0.1) is 0 Å². The number of benzene rings is 1. The Balaban J connectivity index is 2.29. The molecule has 300 valence electrons. The number of nitrogens with one attached hydrogen (secondary N) is 3. The van der Waals surface area contributed by atoms with Crippen LogP contribution < -0.4 is 16.0 Å². The molecule has 1 saturated heterocycles. The van der Waals surface area contributed by atoms with Crippen molar-refractivity contribution >= 4 is 40.9 Å². The number of amides is 3. The lowest BCUT2D eigenvalue weighted by atomic mass is 9.87. The van der Waals surface area contributed by atoms with Crippen LogP contribution in [0.3, 0.4) is 0 Å². The Hall–Kier alpha value is -2.97. The molecule has 0 radical (unpaired) electrons. The van der Waals surface area contributed by atoms with Crippen molar-refractivity contribution < 1.29 is 33.4 Å². The van der Waals surface area contributed by atoms with Crippen LogP contribution in [-0.2, 0) is 39.8 Å². The van der Waals surface area contributed by atoms with Crippen molar-refractivity contribution in [2.45, 2.75) is 123 Å². The summed E-state index contributed by atoms with van der Waals surface area (Å²) in [6, 6.07) is 7.29. The number of esters is 1. The molecule has 53 heavy (non-hydrogen) atoms. The zero-order valence-corrected chi connectivity index (χ0v) is 35.0. The maximum absolute atomic E-state index is 14.3. The van der Waals surface area contributed by atoms with Gasteiger partial charge in [0.25, 0.3) is 0 Å². The molecule has 0 aliphatic carbocycles. The lowest BCUT2D eigenvalue weighted by molar-refractivity contribution is -0.143. The number of hydrogen-bond acceptors (Lipinski definition) is 10. The van der Waals surface area contributed by atoms with Crippen LogP contribution in [0.1, 0.15) is 79.7 Å². The van der Waals surface area contributed by atoms with Crippen molar-refractivity contribution in [3.05, 3.63) is 35.9 Å². The number of ether oxygens (including phenoxy) is 3. The molecule has 1 aromatic rings. The molecule has 1 aromatic carbocycles. The van der Waals surface area contributed by atoms with Crippen LogP contribution in [0.4, 0.5) is 0 Å². The van der Waals surface area contributed by atoms with Crippen LogP contribution in [0.5, 0.6) is 0 Å². The van der Waals surface area contributed by atoms with Crippen LogP contribution in [0, 0.1) is 23.7 Å². The molecule has 0 unspecified atom stereocenters. The van der Waals surface area contributed by atoms with Gasteiger partial charge in [-0.1, -0.05) is 97.4 Å². The van der Waals surface area contributed by atoms with Crippen LogP contribution in [0.2, 0.25) is 0 Å². The summed E-state index contributed by atoms with van der Waals surface area (Å²) in [4.78, 5) is 58.2. The number of likely N-dealkylation sites (N-methyl/N-ethyl adjacent to an activating group) is 2. The Bertz CT molecular complexity index is 1330. The highest BCUT2D eigenvalue weighted by Gasteiger charge is 2.43. The van der Waals surface area contributed by atoms with E-state index in [1.54, 1.807) is 21.3 Å². The zero-order chi connectivity index (χ0) is 40.0. The van der Waals surface area contributed by atoms with Gasteiger partial charge in [0, 0.05) is 39.1 Å². The molecule has 1 aliphatic heterocycles. The Labute approximate surface area is 323 Å². The third-order valence-electron chi connectivity index (χ3n) is 10.9. The minimum absolute atomic E-state index is 0.00172. The Morgan fingerprint density at radius 1 is 0.962 bits per heavy atom. The summed E-state index contributed by atoms with van der Waals surface area (Å²) >= 11 is 5.85. The first-order valence-electron chi connectivity index (χ1n) is 19.1. The molecule has 0 spiro atoms. The molecule has 1 aliphatic rings. The quantitative estimate of drug-likeness (QED) is 0.124. The Kier molecular flexibility index (Phi) is 19.5. The van der Waals surface area contributed by atoms with Gasteiger partial charge in [-0.05, 0) is 50.3 Å². The number of likely N-dealkylation sites (tertiary alicyclic amines) is 1. The summed E-state index contributed by atoms with van der Waals surface area (Å²) in [6.45, 7) is 14.5. The predicted octanol–water partition coefficient (Wildman–Crippen LogP) is 3.99. The first kappa shape index (κ1) is 46.2. The van der Waals surface area contributed by atoms with E-state index in [9.17, 15) is 19.2 Å². The van der Waals surface area contributed by atoms with Crippen molar-refractivity contribution in [3.63, 3.8) is 0 Å². The van der Waals surface area contributed by atoms with Gasteiger partial charge >= 0.3 is 5.97 Å². The predicted molar refractivity (Wildman–Crippen MR) is 212 cm³/mol. The summed E-state index contributed by atoms with van der Waals surface area (Å²) in [6.07, 6.45) is 1.88. The van der Waals surface area contributed by atoms with E-state index < -0.39 is 36.3 Å². The summed E-state index contributed by atoms with van der Waals surface area (Å²) in [7, 11) is 8.18. The first-order chi connectivity index (χ1) is 25.1. The first-order valence-corrected chi connectivity index (χ1v) is 19.5. The fourth-order valence-corrected chi connectivity index (χ4v) is 8.14. The minimum atomic E-state index is -0.678. The molecule has 12 nitrogen and oxygen atoms in total. The van der Waals surface area contributed by atoms with Crippen LogP contribution in [0.25, 0.3) is 0 Å². The number of carbonyl (C=O) groups is 4. The van der Waals surface area contributed by atoms with Gasteiger partial charge in [0.1, 0.15) is 6.04 Å². The number of thiocarbonyl (C=S) groups is 1. The van der Waals surface area contributed by atoms with Crippen LogP contribution in [-0.4, -0.2) is 123 Å². The zero-order valence-electron chi connectivity index (χ0n) is 34.1. The van der Waals surface area contributed by atoms with E-state index in [2.05, 4.69) is 29.8 Å². The molecule has 0 bridgehead atoms. The molecule has 1 heterocycles. The number of hydrogen-bond donors (Lipinski definition) is 3. The summed E-state index contributed by atoms with van der Waals surface area (Å²) in [5.41, 5.74) is 0.970. The smallest absolute Gasteiger partial charge is 0.328 e. The number of rotatable bonds is 21. The van der Waals surface area contributed by atoms with E-state index in [-0.39, 0.29) is 59.9 Å². The van der Waals surface area contributed by atoms with Gasteiger partial charge in [0.2, 0.25) is 17.7 Å². The molecule has 1 fully saturated rings. The van der Waals surface area contributed by atoms with E-state index in [0.29, 0.717) is 18.0 Å². The third kappa shape index (κ3) is 12.5. The summed E-state index contributed by atoms with van der Waals surface area (Å²) in [5.74, 6) is -1.61. The van der Waals surface area contributed by atoms with Crippen molar-refractivity contribution in [2.24, 2.45) is 23.7 Å². The van der Waals surface area contributed by atoms with Gasteiger partial charge in [0.15, 0.2) is 0 Å². The molecule has 0 aromatic heterocycles. The number of nitrogens with zero attached hydrogens (tertiary/aromatic N) is 2. The molecular weight excluding hydrogens is 695 g/mol. The second kappa shape index (κ2) is 22.4. The van der Waals surface area contributed by atoms with Crippen molar-refractivity contribution in [3.8, 4) is 0 Å². The average Bonchev–Trinajstić information content (AvgIpc) is 3.60. The van der Waals surface area contributed by atoms with Gasteiger partial charge < -0.3 is 29.7 Å². The average molecular weight is 762 g/mol. The maximum atomic E-state index is 14.3. The second-order valence-corrected chi connectivity index (χ2v) is 15.6. The SMILES string of the molecule is CC[C@H](C)[C@@H]([C@@H](CC(=O)N1CCC[C@H]1[C@H](OC)[C@@H](C)C(=S)N[C@@H](Cc1ccccc1)C(=O)OC)OC)N(C)[C@H](C(=O)NC(=O)[C@@H](NC)C(C)C)C(C)C. The van der Waals surface area contributed by atoms with E-state index >= 15 is 0 Å². The van der Waals surface area contributed by atoms with E-state index in [1.165, 1.54) is 7.11 Å². The topological polar surface area (TPSA) is 139 Å². The van der Waals surface area contributed by atoms with Crippen LogP contribution >= 0.6 is 12.2 Å². The van der Waals surface area contributed by atoms with E-state index in [4.69, 9.17) is 26.4 Å². The lowest BCUT2D eigenvalue weighted by Gasteiger charge is -2.43. The molecule has 2 rings (SSSR count). The molecule has 13 heteroatoms. The second-order valence-electron chi connectivity index (χ2n) is 15.1. The molecule has 9 atom stereocenters. The van der Waals surface area contributed by atoms with E-state index in [0.717, 1.165) is 24.8 Å². The maximum Gasteiger partial charge on any atom is 0.328 e. The Morgan fingerprint density at radius 3 is 2.11 bits per heavy atom. The fourth-order valence-electron chi connectivity index (χ4n) is 7.86. The Morgan fingerprint density at radius 2 is 1.60 bits per heavy atom.